The van der Waals surface area contributed by atoms with E-state index in [-0.39, 0.29) is 0 Å². The Balaban J connectivity index is 1.82. The van der Waals surface area contributed by atoms with Gasteiger partial charge in [-0.25, -0.2) is 0 Å². The molecule has 0 unspecified atom stereocenters. The Bertz CT molecular complexity index is 287. The van der Waals surface area contributed by atoms with Gasteiger partial charge in [0.15, 0.2) is 0 Å². The summed E-state index contributed by atoms with van der Waals surface area (Å²) in [4.78, 5) is 19.0. The molecule has 0 N–H and O–H groups in total. The second kappa shape index (κ2) is 7.25. The van der Waals surface area contributed by atoms with Crippen LogP contribution in [0.1, 0.15) is 38.5 Å². The smallest absolute Gasteiger partial charge is 0.236 e. The largest absolute Gasteiger partial charge is 0.339 e. The van der Waals surface area contributed by atoms with E-state index >= 15 is 0 Å². The van der Waals surface area contributed by atoms with Crippen LogP contribution in [0.2, 0.25) is 0 Å². The molecule has 2 aliphatic heterocycles. The number of hydrogen-bond donors (Lipinski definition) is 0. The van der Waals surface area contributed by atoms with Crippen molar-refractivity contribution in [3.8, 4) is 0 Å². The molecule has 1 amide bonds. The maximum absolute atomic E-state index is 12.3. The number of likely N-dealkylation sites (tertiary alicyclic amines) is 2. The predicted molar refractivity (Wildman–Crippen MR) is 78.2 cm³/mol. The fourth-order valence-corrected chi connectivity index (χ4v) is 3.33. The summed E-state index contributed by atoms with van der Waals surface area (Å²) < 4.78 is 0. The molecule has 19 heavy (non-hydrogen) atoms. The molecule has 2 fully saturated rings. The Morgan fingerprint density at radius 2 is 1.79 bits per heavy atom. The van der Waals surface area contributed by atoms with Crippen molar-refractivity contribution >= 4 is 5.91 Å². The van der Waals surface area contributed by atoms with E-state index in [9.17, 15) is 4.79 Å². The molecule has 2 heterocycles. The minimum atomic E-state index is 0.316. The number of rotatable bonds is 5. The van der Waals surface area contributed by atoms with Crippen molar-refractivity contribution in [2.75, 3.05) is 46.8 Å². The molecule has 2 aliphatic rings. The molecule has 0 bridgehead atoms. The summed E-state index contributed by atoms with van der Waals surface area (Å²) in [6.45, 7) is 5.23. The third-order valence-corrected chi connectivity index (χ3v) is 4.38. The summed E-state index contributed by atoms with van der Waals surface area (Å²) in [6.07, 6.45) is 7.55. The molecule has 4 heteroatoms. The Hall–Kier alpha value is -0.610. The van der Waals surface area contributed by atoms with E-state index in [1.54, 1.807) is 0 Å². The number of likely N-dealkylation sites (N-methyl/N-ethyl adjacent to an activating group) is 1. The lowest BCUT2D eigenvalue weighted by Gasteiger charge is -2.37. The van der Waals surface area contributed by atoms with Crippen LogP contribution in [0.15, 0.2) is 0 Å². The number of piperidine rings is 1. The topological polar surface area (TPSA) is 26.8 Å². The fraction of sp³-hybridized carbons (Fsp3) is 0.933. The molecule has 1 atom stereocenters. The van der Waals surface area contributed by atoms with Crippen LogP contribution >= 0.6 is 0 Å². The minimum Gasteiger partial charge on any atom is -0.339 e. The normalized spacial score (nSPS) is 25.2. The van der Waals surface area contributed by atoms with Gasteiger partial charge in [0.05, 0.1) is 6.54 Å². The van der Waals surface area contributed by atoms with Crippen molar-refractivity contribution in [1.82, 2.24) is 14.7 Å². The van der Waals surface area contributed by atoms with Crippen molar-refractivity contribution in [2.24, 2.45) is 0 Å². The van der Waals surface area contributed by atoms with E-state index in [0.717, 1.165) is 6.54 Å². The zero-order chi connectivity index (χ0) is 13.7. The van der Waals surface area contributed by atoms with Crippen molar-refractivity contribution in [2.45, 2.75) is 44.6 Å². The third-order valence-electron chi connectivity index (χ3n) is 4.38. The highest BCUT2D eigenvalue weighted by Gasteiger charge is 2.27. The van der Waals surface area contributed by atoms with Crippen LogP contribution < -0.4 is 0 Å². The summed E-state index contributed by atoms with van der Waals surface area (Å²) in [5.41, 5.74) is 0. The first-order valence-electron chi connectivity index (χ1n) is 7.83. The monoisotopic (exact) mass is 267 g/mol. The molecule has 0 saturated carbocycles. The molecule has 110 valence electrons. The van der Waals surface area contributed by atoms with Gasteiger partial charge in [-0.3, -0.25) is 4.79 Å². The predicted octanol–water partition coefficient (Wildman–Crippen LogP) is 1.42. The maximum atomic E-state index is 12.3. The lowest BCUT2D eigenvalue weighted by Crippen LogP contribution is -2.48. The highest BCUT2D eigenvalue weighted by atomic mass is 16.2. The molecule has 2 rings (SSSR count). The van der Waals surface area contributed by atoms with Gasteiger partial charge < -0.3 is 14.7 Å². The van der Waals surface area contributed by atoms with Crippen LogP contribution in [-0.4, -0.2) is 73.5 Å². The van der Waals surface area contributed by atoms with Gasteiger partial charge in [-0.1, -0.05) is 0 Å². The van der Waals surface area contributed by atoms with E-state index in [1.807, 2.05) is 19.0 Å². The van der Waals surface area contributed by atoms with Crippen LogP contribution in [0.25, 0.3) is 0 Å². The first-order chi connectivity index (χ1) is 9.16. The van der Waals surface area contributed by atoms with Crippen LogP contribution in [0.5, 0.6) is 0 Å². The van der Waals surface area contributed by atoms with Crippen molar-refractivity contribution in [3.05, 3.63) is 0 Å². The van der Waals surface area contributed by atoms with E-state index in [2.05, 4.69) is 9.80 Å². The second-order valence-electron chi connectivity index (χ2n) is 6.31. The summed E-state index contributed by atoms with van der Waals surface area (Å²) in [5.74, 6) is 0.316. The molecule has 0 aliphatic carbocycles. The summed E-state index contributed by atoms with van der Waals surface area (Å²) >= 11 is 0. The van der Waals surface area contributed by atoms with Gasteiger partial charge in [0.2, 0.25) is 5.91 Å². The summed E-state index contributed by atoms with van der Waals surface area (Å²) in [5, 5.41) is 0. The molecule has 0 radical (unpaired) electrons. The zero-order valence-corrected chi connectivity index (χ0v) is 12.6. The average molecular weight is 267 g/mol. The Kier molecular flexibility index (Phi) is 5.64. The summed E-state index contributed by atoms with van der Waals surface area (Å²) in [7, 11) is 3.95. The van der Waals surface area contributed by atoms with Gasteiger partial charge in [-0.15, -0.1) is 0 Å². The van der Waals surface area contributed by atoms with Gasteiger partial charge >= 0.3 is 0 Å². The highest BCUT2D eigenvalue weighted by Crippen LogP contribution is 2.21. The van der Waals surface area contributed by atoms with E-state index in [0.29, 0.717) is 18.5 Å². The van der Waals surface area contributed by atoms with E-state index < -0.39 is 0 Å². The molecule has 4 nitrogen and oxygen atoms in total. The summed E-state index contributed by atoms with van der Waals surface area (Å²) in [6, 6.07) is 0.488. The van der Waals surface area contributed by atoms with Crippen LogP contribution in [0, 0.1) is 0 Å². The number of carbonyl (C=O) groups excluding carboxylic acids is 1. The minimum absolute atomic E-state index is 0.316. The molecule has 0 aromatic rings. The molecule has 0 aromatic carbocycles. The van der Waals surface area contributed by atoms with Gasteiger partial charge in [0, 0.05) is 19.1 Å². The van der Waals surface area contributed by atoms with E-state index in [1.165, 1.54) is 58.2 Å². The van der Waals surface area contributed by atoms with Gasteiger partial charge in [0.25, 0.3) is 0 Å². The standard InChI is InChI=1S/C15H29N3O/c1-16(2)13-15(19)18-11-4-3-7-14(18)8-12-17-9-5-6-10-17/h14H,3-13H2,1-2H3/t14-/m0/s1. The maximum Gasteiger partial charge on any atom is 0.236 e. The fourth-order valence-electron chi connectivity index (χ4n) is 3.33. The van der Waals surface area contributed by atoms with Gasteiger partial charge in [-0.05, 0) is 65.7 Å². The zero-order valence-electron chi connectivity index (χ0n) is 12.6. The Labute approximate surface area is 117 Å². The Morgan fingerprint density at radius 3 is 2.47 bits per heavy atom. The van der Waals surface area contributed by atoms with Gasteiger partial charge in [0.1, 0.15) is 0 Å². The number of carbonyl (C=O) groups is 1. The first-order valence-corrected chi connectivity index (χ1v) is 7.83. The number of amides is 1. The molecule has 0 spiro atoms. The molecular weight excluding hydrogens is 238 g/mol. The Morgan fingerprint density at radius 1 is 1.11 bits per heavy atom. The van der Waals surface area contributed by atoms with Crippen molar-refractivity contribution in [1.29, 1.82) is 0 Å². The first kappa shape index (κ1) is 14.8. The van der Waals surface area contributed by atoms with Crippen LogP contribution in [0.3, 0.4) is 0 Å². The quantitative estimate of drug-likeness (QED) is 0.753. The number of hydrogen-bond acceptors (Lipinski definition) is 3. The molecular formula is C15H29N3O. The van der Waals surface area contributed by atoms with Gasteiger partial charge in [-0.2, -0.15) is 0 Å². The SMILES string of the molecule is CN(C)CC(=O)N1CCCC[C@H]1CCN1CCCC1. The van der Waals surface area contributed by atoms with Crippen LogP contribution in [-0.2, 0) is 4.79 Å². The molecule has 2 saturated heterocycles. The highest BCUT2D eigenvalue weighted by molar-refractivity contribution is 5.78. The van der Waals surface area contributed by atoms with Crippen LogP contribution in [0.4, 0.5) is 0 Å². The second-order valence-corrected chi connectivity index (χ2v) is 6.31. The number of nitrogens with zero attached hydrogens (tertiary/aromatic N) is 3. The molecule has 0 aromatic heterocycles. The average Bonchev–Trinajstić information content (AvgIpc) is 2.89. The third kappa shape index (κ3) is 4.46. The lowest BCUT2D eigenvalue weighted by molar-refractivity contribution is -0.135. The van der Waals surface area contributed by atoms with Crippen molar-refractivity contribution in [3.63, 3.8) is 0 Å². The van der Waals surface area contributed by atoms with E-state index in [4.69, 9.17) is 0 Å². The van der Waals surface area contributed by atoms with Crippen molar-refractivity contribution < 1.29 is 4.79 Å². The lowest BCUT2D eigenvalue weighted by atomic mass is 9.99.